The van der Waals surface area contributed by atoms with Crippen molar-refractivity contribution < 1.29 is 4.42 Å². The number of nitrogens with zero attached hydrogens (tertiary/aromatic N) is 2. The van der Waals surface area contributed by atoms with Crippen LogP contribution in [0.4, 0.5) is 0 Å². The van der Waals surface area contributed by atoms with Gasteiger partial charge in [0.1, 0.15) is 11.2 Å². The van der Waals surface area contributed by atoms with Crippen LogP contribution in [0.2, 0.25) is 0 Å². The standard InChI is InChI=1S/C40H24N2O/c1-2-13-30-28(11-1)29-12-3-4-14-31(29)38-34(30)24-33(39-32-15-5-6-18-37(32)43-40(38)39)25-21-26(35-16-7-9-19-41-35)23-27(22-25)36-17-8-10-20-42-36/h1-24H. The molecule has 0 aliphatic heterocycles. The Balaban J connectivity index is 1.48. The number of pyridine rings is 2. The second kappa shape index (κ2) is 9.37. The summed E-state index contributed by atoms with van der Waals surface area (Å²) in [5, 5.41) is 9.43. The Hall–Kier alpha value is -5.80. The van der Waals surface area contributed by atoms with Crippen LogP contribution in [0.1, 0.15) is 0 Å². The lowest BCUT2D eigenvalue weighted by molar-refractivity contribution is 0.673. The lowest BCUT2D eigenvalue weighted by Crippen LogP contribution is -1.91. The van der Waals surface area contributed by atoms with Crippen LogP contribution >= 0.6 is 0 Å². The normalized spacial score (nSPS) is 11.7. The molecule has 0 saturated heterocycles. The van der Waals surface area contributed by atoms with Crippen molar-refractivity contribution in [1.29, 1.82) is 0 Å². The molecule has 9 rings (SSSR count). The van der Waals surface area contributed by atoms with Gasteiger partial charge in [0.15, 0.2) is 0 Å². The number of fused-ring (bicyclic) bond motifs is 10. The zero-order chi connectivity index (χ0) is 28.3. The number of benzene rings is 6. The second-order valence-corrected chi connectivity index (χ2v) is 11.0. The first-order valence-corrected chi connectivity index (χ1v) is 14.5. The quantitative estimate of drug-likeness (QED) is 0.206. The lowest BCUT2D eigenvalue weighted by Gasteiger charge is -2.15. The summed E-state index contributed by atoms with van der Waals surface area (Å²) < 4.78 is 6.79. The van der Waals surface area contributed by atoms with Crippen LogP contribution in [0.3, 0.4) is 0 Å². The third kappa shape index (κ3) is 3.68. The average molecular weight is 549 g/mol. The molecule has 9 aromatic rings. The molecule has 0 fully saturated rings. The molecule has 0 N–H and O–H groups in total. The van der Waals surface area contributed by atoms with Crippen LogP contribution in [0.25, 0.3) is 87.9 Å². The Labute approximate surface area is 247 Å². The van der Waals surface area contributed by atoms with E-state index in [9.17, 15) is 0 Å². The summed E-state index contributed by atoms with van der Waals surface area (Å²) in [5.41, 5.74) is 7.96. The molecule has 0 radical (unpaired) electrons. The summed E-state index contributed by atoms with van der Waals surface area (Å²) in [7, 11) is 0. The molecule has 3 aromatic heterocycles. The highest BCUT2D eigenvalue weighted by Crippen LogP contribution is 2.47. The fourth-order valence-electron chi connectivity index (χ4n) is 6.64. The van der Waals surface area contributed by atoms with Gasteiger partial charge in [-0.25, -0.2) is 0 Å². The molecule has 3 heteroatoms. The van der Waals surface area contributed by atoms with E-state index in [2.05, 4.69) is 103 Å². The highest BCUT2D eigenvalue weighted by atomic mass is 16.3. The van der Waals surface area contributed by atoms with Crippen molar-refractivity contribution in [3.05, 3.63) is 146 Å². The van der Waals surface area contributed by atoms with Crippen LogP contribution in [-0.2, 0) is 0 Å². The molecule has 0 spiro atoms. The van der Waals surface area contributed by atoms with Gasteiger partial charge in [-0.1, -0.05) is 78.9 Å². The monoisotopic (exact) mass is 548 g/mol. The number of para-hydroxylation sites is 1. The average Bonchev–Trinajstić information content (AvgIpc) is 3.48. The van der Waals surface area contributed by atoms with E-state index < -0.39 is 0 Å². The summed E-state index contributed by atoms with van der Waals surface area (Å²) in [6.07, 6.45) is 3.69. The van der Waals surface area contributed by atoms with Crippen molar-refractivity contribution in [3.63, 3.8) is 0 Å². The molecular formula is C40H24N2O. The van der Waals surface area contributed by atoms with Gasteiger partial charge < -0.3 is 4.42 Å². The van der Waals surface area contributed by atoms with Gasteiger partial charge in [-0.3, -0.25) is 9.97 Å². The first-order valence-electron chi connectivity index (χ1n) is 14.5. The fraction of sp³-hybridized carbons (Fsp3) is 0. The van der Waals surface area contributed by atoms with E-state index >= 15 is 0 Å². The zero-order valence-electron chi connectivity index (χ0n) is 23.2. The van der Waals surface area contributed by atoms with Crippen molar-refractivity contribution in [2.24, 2.45) is 0 Å². The predicted octanol–water partition coefficient (Wildman–Crippen LogP) is 10.8. The van der Waals surface area contributed by atoms with Crippen molar-refractivity contribution >= 4 is 54.3 Å². The number of furan rings is 1. The summed E-state index contributed by atoms with van der Waals surface area (Å²) in [6.45, 7) is 0. The van der Waals surface area contributed by atoms with Crippen molar-refractivity contribution in [2.75, 3.05) is 0 Å². The zero-order valence-corrected chi connectivity index (χ0v) is 23.2. The summed E-state index contributed by atoms with van der Waals surface area (Å²) in [5.74, 6) is 0. The number of rotatable bonds is 3. The van der Waals surface area contributed by atoms with Gasteiger partial charge in [0.25, 0.3) is 0 Å². The molecule has 0 atom stereocenters. The maximum Gasteiger partial charge on any atom is 0.144 e. The molecule has 0 unspecified atom stereocenters. The van der Waals surface area contributed by atoms with Crippen molar-refractivity contribution in [2.45, 2.75) is 0 Å². The summed E-state index contributed by atoms with van der Waals surface area (Å²) in [6, 6.07) is 46.9. The van der Waals surface area contributed by atoms with E-state index in [1.807, 2.05) is 42.7 Å². The van der Waals surface area contributed by atoms with Gasteiger partial charge in [-0.05, 0) is 92.7 Å². The van der Waals surface area contributed by atoms with Gasteiger partial charge in [0.05, 0.1) is 11.4 Å². The molecule has 3 heterocycles. The molecule has 0 aliphatic carbocycles. The first-order chi connectivity index (χ1) is 21.3. The van der Waals surface area contributed by atoms with Crippen LogP contribution in [0.15, 0.2) is 150 Å². The highest BCUT2D eigenvalue weighted by molar-refractivity contribution is 6.34. The number of hydrogen-bond donors (Lipinski definition) is 0. The fourth-order valence-corrected chi connectivity index (χ4v) is 6.64. The maximum absolute atomic E-state index is 6.79. The molecular weight excluding hydrogens is 524 g/mol. The molecule has 0 saturated carbocycles. The smallest absolute Gasteiger partial charge is 0.144 e. The minimum atomic E-state index is 0.884. The Morgan fingerprint density at radius 3 is 1.53 bits per heavy atom. The van der Waals surface area contributed by atoms with E-state index in [0.717, 1.165) is 61.0 Å². The maximum atomic E-state index is 6.79. The molecule has 0 bridgehead atoms. The van der Waals surface area contributed by atoms with Gasteiger partial charge in [0, 0.05) is 39.7 Å². The summed E-state index contributed by atoms with van der Waals surface area (Å²) >= 11 is 0. The minimum absolute atomic E-state index is 0.884. The minimum Gasteiger partial charge on any atom is -0.455 e. The number of aromatic nitrogens is 2. The van der Waals surface area contributed by atoms with E-state index in [4.69, 9.17) is 14.4 Å². The first kappa shape index (κ1) is 23.9. The third-order valence-electron chi connectivity index (χ3n) is 8.52. The van der Waals surface area contributed by atoms with E-state index in [0.29, 0.717) is 0 Å². The Morgan fingerprint density at radius 2 is 0.907 bits per heavy atom. The number of hydrogen-bond acceptors (Lipinski definition) is 3. The molecule has 0 amide bonds. The van der Waals surface area contributed by atoms with Gasteiger partial charge >= 0.3 is 0 Å². The predicted molar refractivity (Wildman–Crippen MR) is 178 cm³/mol. The van der Waals surface area contributed by atoms with Crippen LogP contribution < -0.4 is 0 Å². The molecule has 43 heavy (non-hydrogen) atoms. The van der Waals surface area contributed by atoms with Crippen molar-refractivity contribution in [1.82, 2.24) is 9.97 Å². The Bertz CT molecular complexity index is 2440. The topological polar surface area (TPSA) is 38.9 Å². The SMILES string of the molecule is c1ccc(-c2cc(-c3ccccn3)cc(-c3cc4c5ccccc5c5ccccc5c4c4oc5ccccc5c34)c2)nc1. The molecule has 3 nitrogen and oxygen atoms in total. The molecule has 6 aromatic carbocycles. The van der Waals surface area contributed by atoms with Gasteiger partial charge in [-0.15, -0.1) is 0 Å². The van der Waals surface area contributed by atoms with E-state index in [1.165, 1.54) is 26.9 Å². The highest BCUT2D eigenvalue weighted by Gasteiger charge is 2.21. The molecule has 200 valence electrons. The van der Waals surface area contributed by atoms with E-state index in [1.54, 1.807) is 0 Å². The second-order valence-electron chi connectivity index (χ2n) is 11.0. The third-order valence-corrected chi connectivity index (χ3v) is 8.52. The Morgan fingerprint density at radius 1 is 0.395 bits per heavy atom. The lowest BCUT2D eigenvalue weighted by atomic mass is 9.88. The van der Waals surface area contributed by atoms with Gasteiger partial charge in [-0.2, -0.15) is 0 Å². The molecule has 0 aliphatic rings. The largest absolute Gasteiger partial charge is 0.455 e. The van der Waals surface area contributed by atoms with Crippen LogP contribution in [0, 0.1) is 0 Å². The van der Waals surface area contributed by atoms with Crippen LogP contribution in [-0.4, -0.2) is 9.97 Å². The Kier molecular flexibility index (Phi) is 5.20. The van der Waals surface area contributed by atoms with Gasteiger partial charge in [0.2, 0.25) is 0 Å². The summed E-state index contributed by atoms with van der Waals surface area (Å²) in [4.78, 5) is 9.41. The van der Waals surface area contributed by atoms with Crippen LogP contribution in [0.5, 0.6) is 0 Å². The van der Waals surface area contributed by atoms with Crippen molar-refractivity contribution in [3.8, 4) is 33.6 Å². The van der Waals surface area contributed by atoms with E-state index in [-0.39, 0.29) is 0 Å².